The van der Waals surface area contributed by atoms with E-state index in [0.717, 1.165) is 28.8 Å². The summed E-state index contributed by atoms with van der Waals surface area (Å²) in [6.07, 6.45) is 4.71. The number of hydrogen-bond acceptors (Lipinski definition) is 2. The molecule has 0 atom stereocenters. The Hall–Kier alpha value is -2.16. The standard InChI is InChI=1S/C16H18N2O/c1-12-3-4-13(2)15(11-12)18-16(19)6-5-14-7-9-17-10-8-14/h3-4,7-11H,5-6H2,1-2H3,(H,18,19). The number of pyridine rings is 1. The first kappa shape index (κ1) is 13.3. The molecule has 3 nitrogen and oxygen atoms in total. The molecule has 2 rings (SSSR count). The summed E-state index contributed by atoms with van der Waals surface area (Å²) in [4.78, 5) is 15.9. The van der Waals surface area contributed by atoms with Crippen molar-refractivity contribution in [1.82, 2.24) is 4.98 Å². The Morgan fingerprint density at radius 2 is 1.89 bits per heavy atom. The van der Waals surface area contributed by atoms with E-state index in [2.05, 4.69) is 10.3 Å². The molecule has 0 spiro atoms. The van der Waals surface area contributed by atoms with E-state index < -0.39 is 0 Å². The van der Waals surface area contributed by atoms with Gasteiger partial charge in [-0.3, -0.25) is 9.78 Å². The van der Waals surface area contributed by atoms with Gasteiger partial charge in [0.1, 0.15) is 0 Å². The number of nitrogens with zero attached hydrogens (tertiary/aromatic N) is 1. The number of carbonyl (C=O) groups is 1. The second-order valence-electron chi connectivity index (χ2n) is 4.72. The summed E-state index contributed by atoms with van der Waals surface area (Å²) in [5, 5.41) is 2.97. The van der Waals surface area contributed by atoms with Crippen LogP contribution in [0.1, 0.15) is 23.1 Å². The van der Waals surface area contributed by atoms with Crippen LogP contribution in [0.15, 0.2) is 42.7 Å². The highest BCUT2D eigenvalue weighted by Gasteiger charge is 2.05. The Morgan fingerprint density at radius 3 is 2.63 bits per heavy atom. The van der Waals surface area contributed by atoms with Gasteiger partial charge in [-0.2, -0.15) is 0 Å². The van der Waals surface area contributed by atoms with E-state index in [9.17, 15) is 4.79 Å². The topological polar surface area (TPSA) is 42.0 Å². The zero-order chi connectivity index (χ0) is 13.7. The Morgan fingerprint density at radius 1 is 1.16 bits per heavy atom. The molecule has 0 fully saturated rings. The minimum Gasteiger partial charge on any atom is -0.326 e. The van der Waals surface area contributed by atoms with Crippen molar-refractivity contribution >= 4 is 11.6 Å². The Kier molecular flexibility index (Phi) is 4.29. The van der Waals surface area contributed by atoms with E-state index in [4.69, 9.17) is 0 Å². The third-order valence-corrected chi connectivity index (χ3v) is 3.06. The summed E-state index contributed by atoms with van der Waals surface area (Å²) in [6, 6.07) is 9.94. The smallest absolute Gasteiger partial charge is 0.224 e. The molecule has 0 radical (unpaired) electrons. The first-order valence-electron chi connectivity index (χ1n) is 6.41. The van der Waals surface area contributed by atoms with E-state index in [1.54, 1.807) is 12.4 Å². The molecular formula is C16H18N2O. The summed E-state index contributed by atoms with van der Waals surface area (Å²) in [6.45, 7) is 4.02. The normalized spacial score (nSPS) is 10.2. The third kappa shape index (κ3) is 3.91. The lowest BCUT2D eigenvalue weighted by molar-refractivity contribution is -0.116. The van der Waals surface area contributed by atoms with E-state index in [0.29, 0.717) is 6.42 Å². The maximum Gasteiger partial charge on any atom is 0.224 e. The lowest BCUT2D eigenvalue weighted by Gasteiger charge is -2.09. The minimum atomic E-state index is 0.0468. The number of hydrogen-bond donors (Lipinski definition) is 1. The third-order valence-electron chi connectivity index (χ3n) is 3.06. The average molecular weight is 254 g/mol. The molecule has 0 bridgehead atoms. The Labute approximate surface area is 113 Å². The van der Waals surface area contributed by atoms with Crippen molar-refractivity contribution in [1.29, 1.82) is 0 Å². The largest absolute Gasteiger partial charge is 0.326 e. The highest BCUT2D eigenvalue weighted by molar-refractivity contribution is 5.91. The van der Waals surface area contributed by atoms with Crippen LogP contribution in [0.2, 0.25) is 0 Å². The fourth-order valence-electron chi connectivity index (χ4n) is 1.89. The van der Waals surface area contributed by atoms with Gasteiger partial charge in [-0.05, 0) is 55.2 Å². The van der Waals surface area contributed by atoms with Crippen LogP contribution in [0.25, 0.3) is 0 Å². The molecule has 0 aliphatic heterocycles. The molecule has 1 aromatic heterocycles. The van der Waals surface area contributed by atoms with Gasteiger partial charge in [0.25, 0.3) is 0 Å². The highest BCUT2D eigenvalue weighted by atomic mass is 16.1. The SMILES string of the molecule is Cc1ccc(C)c(NC(=O)CCc2ccncc2)c1. The van der Waals surface area contributed by atoms with Gasteiger partial charge in [-0.15, -0.1) is 0 Å². The van der Waals surface area contributed by atoms with E-state index in [1.807, 2.05) is 44.2 Å². The summed E-state index contributed by atoms with van der Waals surface area (Å²) in [5.74, 6) is 0.0468. The number of benzene rings is 1. The van der Waals surface area contributed by atoms with Crippen molar-refractivity contribution in [3.63, 3.8) is 0 Å². The summed E-state index contributed by atoms with van der Waals surface area (Å²) >= 11 is 0. The molecule has 1 heterocycles. The zero-order valence-corrected chi connectivity index (χ0v) is 11.3. The van der Waals surface area contributed by atoms with Gasteiger partial charge in [0.15, 0.2) is 0 Å². The Balaban J connectivity index is 1.93. The fraction of sp³-hybridized carbons (Fsp3) is 0.250. The van der Waals surface area contributed by atoms with Crippen LogP contribution in [0, 0.1) is 13.8 Å². The lowest BCUT2D eigenvalue weighted by Crippen LogP contribution is -2.13. The van der Waals surface area contributed by atoms with Crippen molar-refractivity contribution in [2.24, 2.45) is 0 Å². The van der Waals surface area contributed by atoms with Crippen LogP contribution in [0.3, 0.4) is 0 Å². The van der Waals surface area contributed by atoms with Crippen molar-refractivity contribution in [3.8, 4) is 0 Å². The van der Waals surface area contributed by atoms with Crippen LogP contribution < -0.4 is 5.32 Å². The van der Waals surface area contributed by atoms with Crippen LogP contribution in [-0.2, 0) is 11.2 Å². The predicted octanol–water partition coefficient (Wildman–Crippen LogP) is 3.27. The molecule has 0 aliphatic carbocycles. The number of nitrogens with one attached hydrogen (secondary N) is 1. The minimum absolute atomic E-state index is 0.0468. The van der Waals surface area contributed by atoms with Crippen LogP contribution in [0.4, 0.5) is 5.69 Å². The maximum atomic E-state index is 11.9. The van der Waals surface area contributed by atoms with Gasteiger partial charge < -0.3 is 5.32 Å². The van der Waals surface area contributed by atoms with Gasteiger partial charge in [-0.25, -0.2) is 0 Å². The number of rotatable bonds is 4. The second-order valence-corrected chi connectivity index (χ2v) is 4.72. The second kappa shape index (κ2) is 6.14. The highest BCUT2D eigenvalue weighted by Crippen LogP contribution is 2.16. The number of aryl methyl sites for hydroxylation is 3. The molecule has 0 unspecified atom stereocenters. The molecule has 2 aromatic rings. The number of carbonyl (C=O) groups excluding carboxylic acids is 1. The van der Waals surface area contributed by atoms with Crippen molar-refractivity contribution < 1.29 is 4.79 Å². The van der Waals surface area contributed by atoms with Crippen molar-refractivity contribution in [2.75, 3.05) is 5.32 Å². The monoisotopic (exact) mass is 254 g/mol. The van der Waals surface area contributed by atoms with Crippen molar-refractivity contribution in [3.05, 3.63) is 59.4 Å². The van der Waals surface area contributed by atoms with Gasteiger partial charge in [-0.1, -0.05) is 12.1 Å². The Bertz CT molecular complexity index is 564. The summed E-state index contributed by atoms with van der Waals surface area (Å²) in [7, 11) is 0. The van der Waals surface area contributed by atoms with Gasteiger partial charge in [0.05, 0.1) is 0 Å². The summed E-state index contributed by atoms with van der Waals surface area (Å²) in [5.41, 5.74) is 4.27. The average Bonchev–Trinajstić information content (AvgIpc) is 2.42. The first-order chi connectivity index (χ1) is 9.15. The first-order valence-corrected chi connectivity index (χ1v) is 6.41. The molecule has 1 N–H and O–H groups in total. The van der Waals surface area contributed by atoms with Crippen molar-refractivity contribution in [2.45, 2.75) is 26.7 Å². The summed E-state index contributed by atoms with van der Waals surface area (Å²) < 4.78 is 0. The lowest BCUT2D eigenvalue weighted by atomic mass is 10.1. The quantitative estimate of drug-likeness (QED) is 0.909. The van der Waals surface area contributed by atoms with Crippen LogP contribution in [-0.4, -0.2) is 10.9 Å². The molecule has 1 amide bonds. The van der Waals surface area contributed by atoms with E-state index >= 15 is 0 Å². The fourth-order valence-corrected chi connectivity index (χ4v) is 1.89. The van der Waals surface area contributed by atoms with Gasteiger partial charge in [0.2, 0.25) is 5.91 Å². The molecule has 0 saturated carbocycles. The van der Waals surface area contributed by atoms with Gasteiger partial charge >= 0.3 is 0 Å². The van der Waals surface area contributed by atoms with Crippen LogP contribution >= 0.6 is 0 Å². The maximum absolute atomic E-state index is 11.9. The zero-order valence-electron chi connectivity index (χ0n) is 11.3. The van der Waals surface area contributed by atoms with Gasteiger partial charge in [0, 0.05) is 24.5 Å². The molecule has 3 heteroatoms. The molecular weight excluding hydrogens is 236 g/mol. The number of anilines is 1. The van der Waals surface area contributed by atoms with E-state index in [1.165, 1.54) is 0 Å². The molecule has 0 saturated heterocycles. The molecule has 98 valence electrons. The van der Waals surface area contributed by atoms with Crippen LogP contribution in [0.5, 0.6) is 0 Å². The molecule has 1 aromatic carbocycles. The number of aromatic nitrogens is 1. The predicted molar refractivity (Wildman–Crippen MR) is 77.1 cm³/mol. The molecule has 19 heavy (non-hydrogen) atoms. The van der Waals surface area contributed by atoms with E-state index in [-0.39, 0.29) is 5.91 Å². The molecule has 0 aliphatic rings. The number of amides is 1.